The van der Waals surface area contributed by atoms with E-state index in [2.05, 4.69) is 20.9 Å². The van der Waals surface area contributed by atoms with Gasteiger partial charge in [0.05, 0.1) is 12.2 Å². The summed E-state index contributed by atoms with van der Waals surface area (Å²) in [6.07, 6.45) is 1.94. The van der Waals surface area contributed by atoms with Gasteiger partial charge < -0.3 is 10.3 Å². The standard InChI is InChI=1S/C14H13BrFN3/c1-14(10-7-9(15)4-5-11(10)16)8-19-6-2-3-12(19)13(17)18-14/h2-7H,8H2,1H3,(H2,17,18). The molecule has 1 unspecified atom stereocenters. The lowest BCUT2D eigenvalue weighted by Crippen LogP contribution is -2.37. The Kier molecular flexibility index (Phi) is 2.74. The molecule has 3 rings (SSSR count). The molecule has 1 aliphatic rings. The molecule has 2 N–H and O–H groups in total. The van der Waals surface area contributed by atoms with Gasteiger partial charge >= 0.3 is 0 Å². The topological polar surface area (TPSA) is 43.3 Å². The molecule has 0 bridgehead atoms. The molecule has 1 aromatic carbocycles. The van der Waals surface area contributed by atoms with Crippen molar-refractivity contribution in [2.75, 3.05) is 0 Å². The molecule has 2 heterocycles. The lowest BCUT2D eigenvalue weighted by molar-refractivity contribution is 0.385. The van der Waals surface area contributed by atoms with Crippen LogP contribution in [0.15, 0.2) is 46.0 Å². The van der Waals surface area contributed by atoms with Gasteiger partial charge in [-0.05, 0) is 37.3 Å². The van der Waals surface area contributed by atoms with E-state index >= 15 is 0 Å². The fourth-order valence-electron chi connectivity index (χ4n) is 2.53. The minimum Gasteiger partial charge on any atom is -0.382 e. The summed E-state index contributed by atoms with van der Waals surface area (Å²) in [5, 5.41) is 0. The van der Waals surface area contributed by atoms with Gasteiger partial charge in [0.2, 0.25) is 0 Å². The smallest absolute Gasteiger partial charge is 0.143 e. The monoisotopic (exact) mass is 321 g/mol. The lowest BCUT2D eigenvalue weighted by Gasteiger charge is -2.32. The second-order valence-corrected chi connectivity index (χ2v) is 5.83. The van der Waals surface area contributed by atoms with E-state index in [4.69, 9.17) is 5.73 Å². The summed E-state index contributed by atoms with van der Waals surface area (Å²) < 4.78 is 16.9. The average Bonchev–Trinajstić information content (AvgIpc) is 2.80. The van der Waals surface area contributed by atoms with Crippen LogP contribution < -0.4 is 5.73 Å². The third kappa shape index (κ3) is 1.98. The second kappa shape index (κ2) is 4.20. The van der Waals surface area contributed by atoms with Gasteiger partial charge in [0.25, 0.3) is 0 Å². The third-order valence-corrected chi connectivity index (χ3v) is 3.94. The first kappa shape index (κ1) is 12.4. The van der Waals surface area contributed by atoms with Crippen molar-refractivity contribution in [1.82, 2.24) is 4.57 Å². The van der Waals surface area contributed by atoms with E-state index in [9.17, 15) is 4.39 Å². The number of halogens is 2. The molecule has 0 radical (unpaired) electrons. The van der Waals surface area contributed by atoms with Gasteiger partial charge in [-0.2, -0.15) is 0 Å². The molecule has 98 valence electrons. The van der Waals surface area contributed by atoms with Crippen LogP contribution in [-0.4, -0.2) is 10.4 Å². The van der Waals surface area contributed by atoms with Gasteiger partial charge in [-0.25, -0.2) is 4.39 Å². The second-order valence-electron chi connectivity index (χ2n) is 4.92. The van der Waals surface area contributed by atoms with Crippen LogP contribution in [0.5, 0.6) is 0 Å². The van der Waals surface area contributed by atoms with Crippen LogP contribution in [-0.2, 0) is 12.1 Å². The van der Waals surface area contributed by atoms with Crippen LogP contribution in [0.3, 0.4) is 0 Å². The number of amidine groups is 1. The van der Waals surface area contributed by atoms with Crippen LogP contribution in [0, 0.1) is 5.82 Å². The van der Waals surface area contributed by atoms with Crippen LogP contribution in [0.4, 0.5) is 4.39 Å². The SMILES string of the molecule is CC1(c2cc(Br)ccc2F)Cn2cccc2C(N)=N1. The van der Waals surface area contributed by atoms with Gasteiger partial charge in [-0.15, -0.1) is 0 Å². The Labute approximate surface area is 119 Å². The molecule has 19 heavy (non-hydrogen) atoms. The number of fused-ring (bicyclic) bond motifs is 1. The molecule has 1 aliphatic heterocycles. The van der Waals surface area contributed by atoms with E-state index < -0.39 is 5.54 Å². The van der Waals surface area contributed by atoms with Crippen molar-refractivity contribution in [3.63, 3.8) is 0 Å². The first-order valence-electron chi connectivity index (χ1n) is 5.96. The molecule has 0 saturated heterocycles. The normalized spacial score (nSPS) is 21.9. The maximum Gasteiger partial charge on any atom is 0.143 e. The molecular formula is C14H13BrFN3. The lowest BCUT2D eigenvalue weighted by atomic mass is 9.90. The van der Waals surface area contributed by atoms with Crippen LogP contribution in [0.2, 0.25) is 0 Å². The van der Waals surface area contributed by atoms with Crippen LogP contribution >= 0.6 is 15.9 Å². The molecule has 0 saturated carbocycles. The fraction of sp³-hybridized carbons (Fsp3) is 0.214. The highest BCUT2D eigenvalue weighted by atomic mass is 79.9. The Morgan fingerprint density at radius 3 is 3.00 bits per heavy atom. The molecule has 0 amide bonds. The van der Waals surface area contributed by atoms with Crippen LogP contribution in [0.1, 0.15) is 18.2 Å². The zero-order valence-electron chi connectivity index (χ0n) is 10.4. The van der Waals surface area contributed by atoms with Gasteiger partial charge in [-0.3, -0.25) is 4.99 Å². The number of benzene rings is 1. The predicted molar refractivity (Wildman–Crippen MR) is 76.6 cm³/mol. The molecule has 2 aromatic rings. The summed E-state index contributed by atoms with van der Waals surface area (Å²) in [6, 6.07) is 8.72. The summed E-state index contributed by atoms with van der Waals surface area (Å²) in [5.41, 5.74) is 6.72. The largest absolute Gasteiger partial charge is 0.382 e. The van der Waals surface area contributed by atoms with E-state index in [1.165, 1.54) is 6.07 Å². The quantitative estimate of drug-likeness (QED) is 0.862. The number of nitrogens with zero attached hydrogens (tertiary/aromatic N) is 2. The summed E-state index contributed by atoms with van der Waals surface area (Å²) in [6.45, 7) is 2.47. The minimum atomic E-state index is -0.691. The van der Waals surface area contributed by atoms with Gasteiger partial charge in [0, 0.05) is 16.2 Å². The molecule has 0 spiro atoms. The first-order chi connectivity index (χ1) is 8.99. The highest BCUT2D eigenvalue weighted by molar-refractivity contribution is 9.10. The highest BCUT2D eigenvalue weighted by Crippen LogP contribution is 2.34. The Morgan fingerprint density at radius 2 is 2.21 bits per heavy atom. The summed E-state index contributed by atoms with van der Waals surface area (Å²) in [5.74, 6) is 0.177. The van der Waals surface area contributed by atoms with Crippen molar-refractivity contribution in [1.29, 1.82) is 0 Å². The summed E-state index contributed by atoms with van der Waals surface area (Å²) in [7, 11) is 0. The zero-order valence-corrected chi connectivity index (χ0v) is 12.0. The van der Waals surface area contributed by atoms with E-state index in [0.717, 1.165) is 10.2 Å². The third-order valence-electron chi connectivity index (χ3n) is 3.45. The molecule has 1 atom stereocenters. The average molecular weight is 322 g/mol. The Bertz CT molecular complexity index is 677. The van der Waals surface area contributed by atoms with Crippen molar-refractivity contribution in [3.05, 3.63) is 58.1 Å². The molecule has 5 heteroatoms. The maximum atomic E-state index is 14.1. The van der Waals surface area contributed by atoms with E-state index in [-0.39, 0.29) is 5.82 Å². The number of hydrogen-bond donors (Lipinski definition) is 1. The fourth-order valence-corrected chi connectivity index (χ4v) is 2.89. The van der Waals surface area contributed by atoms with Crippen molar-refractivity contribution < 1.29 is 4.39 Å². The number of aromatic nitrogens is 1. The van der Waals surface area contributed by atoms with E-state index in [1.54, 1.807) is 12.1 Å². The Hall–Kier alpha value is -1.62. The predicted octanol–water partition coefficient (Wildman–Crippen LogP) is 3.02. The Morgan fingerprint density at radius 1 is 1.42 bits per heavy atom. The van der Waals surface area contributed by atoms with Crippen molar-refractivity contribution in [2.45, 2.75) is 19.0 Å². The number of rotatable bonds is 1. The molecular weight excluding hydrogens is 309 g/mol. The van der Waals surface area contributed by atoms with Crippen molar-refractivity contribution in [2.24, 2.45) is 10.7 Å². The van der Waals surface area contributed by atoms with Gasteiger partial charge in [0.15, 0.2) is 0 Å². The first-order valence-corrected chi connectivity index (χ1v) is 6.75. The van der Waals surface area contributed by atoms with Gasteiger partial charge in [-0.1, -0.05) is 15.9 Å². The highest BCUT2D eigenvalue weighted by Gasteiger charge is 2.34. The van der Waals surface area contributed by atoms with E-state index in [1.807, 2.05) is 29.8 Å². The Balaban J connectivity index is 2.15. The minimum absolute atomic E-state index is 0.266. The number of nitrogens with two attached hydrogens (primary N) is 1. The molecule has 0 fully saturated rings. The van der Waals surface area contributed by atoms with Crippen LogP contribution in [0.25, 0.3) is 0 Å². The van der Waals surface area contributed by atoms with Crippen molar-refractivity contribution in [3.8, 4) is 0 Å². The number of hydrogen-bond acceptors (Lipinski definition) is 2. The number of aliphatic imine (C=N–C) groups is 1. The van der Waals surface area contributed by atoms with Gasteiger partial charge in [0.1, 0.15) is 17.2 Å². The zero-order chi connectivity index (χ0) is 13.6. The molecule has 1 aromatic heterocycles. The van der Waals surface area contributed by atoms with E-state index in [0.29, 0.717) is 17.9 Å². The maximum absolute atomic E-state index is 14.1. The molecule has 3 nitrogen and oxygen atoms in total. The summed E-state index contributed by atoms with van der Waals surface area (Å²) >= 11 is 3.37. The van der Waals surface area contributed by atoms with Crippen molar-refractivity contribution >= 4 is 21.8 Å². The summed E-state index contributed by atoms with van der Waals surface area (Å²) in [4.78, 5) is 4.51. The molecule has 0 aliphatic carbocycles.